The van der Waals surface area contributed by atoms with Crippen molar-refractivity contribution in [2.75, 3.05) is 7.05 Å². The molecule has 0 spiro atoms. The van der Waals surface area contributed by atoms with Crippen LogP contribution in [-0.4, -0.2) is 35.6 Å². The van der Waals surface area contributed by atoms with Gasteiger partial charge < -0.3 is 5.32 Å². The Morgan fingerprint density at radius 2 is 1.65 bits per heavy atom. The summed E-state index contributed by atoms with van der Waals surface area (Å²) in [6, 6.07) is 14.6. The van der Waals surface area contributed by atoms with E-state index in [2.05, 4.69) is 5.32 Å². The van der Waals surface area contributed by atoms with Gasteiger partial charge >= 0.3 is 0 Å². The molecular weight excluding hydrogens is 390 g/mol. The molecular formula is C25H27N3O3. The number of hydrogen-bond acceptors (Lipinski definition) is 4. The SMILES string of the molecule is CN(C#N)C(=O)[C@H](CC1CCCCC1)NC(=O)c1cccc(C(=O)c2ccccc2)c1. The molecule has 2 amide bonds. The van der Waals surface area contributed by atoms with Gasteiger partial charge in [0.2, 0.25) is 0 Å². The number of ketones is 1. The van der Waals surface area contributed by atoms with Crippen molar-refractivity contribution >= 4 is 17.6 Å². The van der Waals surface area contributed by atoms with Crippen molar-refractivity contribution in [2.24, 2.45) is 5.92 Å². The van der Waals surface area contributed by atoms with Gasteiger partial charge in [-0.1, -0.05) is 74.6 Å². The summed E-state index contributed by atoms with van der Waals surface area (Å²) in [6.07, 6.45) is 7.83. The zero-order valence-electron chi connectivity index (χ0n) is 17.7. The lowest BCUT2D eigenvalue weighted by Gasteiger charge is -2.27. The van der Waals surface area contributed by atoms with Crippen LogP contribution in [0, 0.1) is 17.4 Å². The second-order valence-corrected chi connectivity index (χ2v) is 8.04. The summed E-state index contributed by atoms with van der Waals surface area (Å²) in [5.74, 6) is -0.670. The fraction of sp³-hybridized carbons (Fsp3) is 0.360. The minimum absolute atomic E-state index is 0.172. The summed E-state index contributed by atoms with van der Waals surface area (Å²) in [5.41, 5.74) is 1.26. The number of nitriles is 1. The number of nitrogens with zero attached hydrogens (tertiary/aromatic N) is 2. The van der Waals surface area contributed by atoms with Gasteiger partial charge in [0.05, 0.1) is 0 Å². The summed E-state index contributed by atoms with van der Waals surface area (Å²) in [4.78, 5) is 39.3. The van der Waals surface area contributed by atoms with E-state index in [1.165, 1.54) is 13.5 Å². The monoisotopic (exact) mass is 417 g/mol. The first kappa shape index (κ1) is 22.2. The quantitative estimate of drug-likeness (QED) is 0.420. The maximum Gasteiger partial charge on any atom is 0.257 e. The van der Waals surface area contributed by atoms with Crippen molar-refractivity contribution in [3.8, 4) is 6.19 Å². The summed E-state index contributed by atoms with van der Waals surface area (Å²) in [7, 11) is 1.40. The molecule has 2 aromatic carbocycles. The molecule has 2 aromatic rings. The maximum atomic E-state index is 12.9. The lowest BCUT2D eigenvalue weighted by molar-refractivity contribution is -0.129. The molecule has 160 valence electrons. The lowest BCUT2D eigenvalue weighted by Crippen LogP contribution is -2.47. The van der Waals surface area contributed by atoms with Crippen LogP contribution in [0.15, 0.2) is 54.6 Å². The predicted molar refractivity (Wildman–Crippen MR) is 117 cm³/mol. The Bertz CT molecular complexity index is 975. The molecule has 0 unspecified atom stereocenters. The molecule has 0 radical (unpaired) electrons. The number of carbonyl (C=O) groups excluding carboxylic acids is 3. The van der Waals surface area contributed by atoms with Gasteiger partial charge in [0.25, 0.3) is 11.8 Å². The Morgan fingerprint density at radius 1 is 1.00 bits per heavy atom. The minimum atomic E-state index is -0.770. The van der Waals surface area contributed by atoms with Crippen LogP contribution in [0.1, 0.15) is 64.8 Å². The largest absolute Gasteiger partial charge is 0.340 e. The molecule has 0 aromatic heterocycles. The molecule has 1 aliphatic carbocycles. The fourth-order valence-corrected chi connectivity index (χ4v) is 4.06. The standard InChI is InChI=1S/C25H27N3O3/c1-28(17-26)25(31)22(15-18-9-4-2-5-10-18)27-24(30)21-14-8-13-20(16-21)23(29)19-11-6-3-7-12-19/h3,6-8,11-14,16,18,22H,2,4-5,9-10,15H2,1H3,(H,27,30)/t22-/m0/s1. The third-order valence-corrected chi connectivity index (χ3v) is 5.80. The molecule has 6 nitrogen and oxygen atoms in total. The average molecular weight is 418 g/mol. The van der Waals surface area contributed by atoms with Gasteiger partial charge in [-0.2, -0.15) is 5.26 Å². The molecule has 1 N–H and O–H groups in total. The average Bonchev–Trinajstić information content (AvgIpc) is 2.83. The number of amides is 2. The van der Waals surface area contributed by atoms with Crippen LogP contribution in [0.4, 0.5) is 0 Å². The molecule has 6 heteroatoms. The van der Waals surface area contributed by atoms with E-state index in [4.69, 9.17) is 5.26 Å². The van der Waals surface area contributed by atoms with Crippen LogP contribution in [0.5, 0.6) is 0 Å². The number of nitrogens with one attached hydrogen (secondary N) is 1. The number of carbonyl (C=O) groups is 3. The summed E-state index contributed by atoms with van der Waals surface area (Å²) in [6.45, 7) is 0. The van der Waals surface area contributed by atoms with Crippen molar-refractivity contribution in [3.63, 3.8) is 0 Å². The van der Waals surface area contributed by atoms with Gasteiger partial charge in [-0.05, 0) is 24.5 Å². The Morgan fingerprint density at radius 3 is 2.32 bits per heavy atom. The Labute approximate surface area is 182 Å². The van der Waals surface area contributed by atoms with Crippen LogP contribution >= 0.6 is 0 Å². The molecule has 3 rings (SSSR count). The van der Waals surface area contributed by atoms with Crippen LogP contribution in [-0.2, 0) is 4.79 Å². The van der Waals surface area contributed by atoms with Crippen LogP contribution in [0.2, 0.25) is 0 Å². The van der Waals surface area contributed by atoms with Crippen molar-refractivity contribution in [2.45, 2.75) is 44.6 Å². The zero-order chi connectivity index (χ0) is 22.2. The Kier molecular flexibility index (Phi) is 7.55. The Balaban J connectivity index is 1.77. The normalized spacial score (nSPS) is 14.8. The van der Waals surface area contributed by atoms with E-state index in [1.54, 1.807) is 48.5 Å². The van der Waals surface area contributed by atoms with Gasteiger partial charge in [-0.15, -0.1) is 0 Å². The zero-order valence-corrected chi connectivity index (χ0v) is 17.7. The van der Waals surface area contributed by atoms with Crippen LogP contribution in [0.3, 0.4) is 0 Å². The number of likely N-dealkylation sites (N-methyl/N-ethyl adjacent to an activating group) is 1. The minimum Gasteiger partial charge on any atom is -0.340 e. The highest BCUT2D eigenvalue weighted by Gasteiger charge is 2.28. The highest BCUT2D eigenvalue weighted by Crippen LogP contribution is 2.28. The van der Waals surface area contributed by atoms with Gasteiger partial charge in [0.1, 0.15) is 6.04 Å². The summed E-state index contributed by atoms with van der Waals surface area (Å²) >= 11 is 0. The highest BCUT2D eigenvalue weighted by atomic mass is 16.2. The first-order valence-corrected chi connectivity index (χ1v) is 10.7. The highest BCUT2D eigenvalue weighted by molar-refractivity contribution is 6.10. The topological polar surface area (TPSA) is 90.3 Å². The number of hydrogen-bond donors (Lipinski definition) is 1. The molecule has 0 saturated heterocycles. The molecule has 1 aliphatic rings. The third kappa shape index (κ3) is 5.79. The molecule has 1 atom stereocenters. The second kappa shape index (κ2) is 10.5. The fourth-order valence-electron chi connectivity index (χ4n) is 4.06. The van der Waals surface area contributed by atoms with E-state index in [9.17, 15) is 14.4 Å². The van der Waals surface area contributed by atoms with Crippen LogP contribution < -0.4 is 5.32 Å². The molecule has 31 heavy (non-hydrogen) atoms. The van der Waals surface area contributed by atoms with Crippen molar-refractivity contribution < 1.29 is 14.4 Å². The maximum absolute atomic E-state index is 12.9. The summed E-state index contributed by atoms with van der Waals surface area (Å²) < 4.78 is 0. The first-order chi connectivity index (χ1) is 15.0. The van der Waals surface area contributed by atoms with E-state index in [0.29, 0.717) is 29.0 Å². The number of benzene rings is 2. The van der Waals surface area contributed by atoms with Gasteiger partial charge in [-0.3, -0.25) is 19.3 Å². The lowest BCUT2D eigenvalue weighted by atomic mass is 9.84. The molecule has 0 heterocycles. The predicted octanol–water partition coefficient (Wildman–Crippen LogP) is 3.93. The van der Waals surface area contributed by atoms with E-state index >= 15 is 0 Å². The van der Waals surface area contributed by atoms with Crippen molar-refractivity contribution in [3.05, 3.63) is 71.3 Å². The van der Waals surface area contributed by atoms with Gasteiger partial charge in [0, 0.05) is 23.7 Å². The molecule has 1 saturated carbocycles. The van der Waals surface area contributed by atoms with E-state index in [-0.39, 0.29) is 5.78 Å². The molecule has 1 fully saturated rings. The Hall–Kier alpha value is -3.46. The second-order valence-electron chi connectivity index (χ2n) is 8.04. The first-order valence-electron chi connectivity index (χ1n) is 10.7. The summed E-state index contributed by atoms with van der Waals surface area (Å²) in [5, 5.41) is 11.9. The van der Waals surface area contributed by atoms with E-state index in [0.717, 1.165) is 30.6 Å². The van der Waals surface area contributed by atoms with Gasteiger partial charge in [0.15, 0.2) is 12.0 Å². The van der Waals surface area contributed by atoms with Crippen molar-refractivity contribution in [1.82, 2.24) is 10.2 Å². The van der Waals surface area contributed by atoms with E-state index < -0.39 is 17.9 Å². The van der Waals surface area contributed by atoms with Crippen molar-refractivity contribution in [1.29, 1.82) is 5.26 Å². The van der Waals surface area contributed by atoms with Gasteiger partial charge in [-0.25, -0.2) is 0 Å². The van der Waals surface area contributed by atoms with Crippen LogP contribution in [0.25, 0.3) is 0 Å². The third-order valence-electron chi connectivity index (χ3n) is 5.80. The van der Waals surface area contributed by atoms with E-state index in [1.807, 2.05) is 12.3 Å². The molecule has 0 aliphatic heterocycles. The smallest absolute Gasteiger partial charge is 0.257 e. The number of rotatable bonds is 7. The molecule has 0 bridgehead atoms.